The number of hydrogen-bond donors (Lipinski definition) is 0. The van der Waals surface area contributed by atoms with Crippen LogP contribution in [0.15, 0.2) is 4.99 Å². The summed E-state index contributed by atoms with van der Waals surface area (Å²) in [7, 11) is 0. The molecule has 0 radical (unpaired) electrons. The average molecular weight is 240 g/mol. The first-order valence-electron chi connectivity index (χ1n) is 6.04. The van der Waals surface area contributed by atoms with Crippen LogP contribution < -0.4 is 0 Å². The largest absolute Gasteiger partial charge is 0.474 e. The highest BCUT2D eigenvalue weighted by Gasteiger charge is 2.37. The predicted octanol–water partition coefficient (Wildman–Crippen LogP) is 1.81. The van der Waals surface area contributed by atoms with E-state index in [0.29, 0.717) is 13.1 Å². The molecule has 1 amide bonds. The molecular weight excluding hydrogens is 220 g/mol. The second kappa shape index (κ2) is 4.20. The molecular formula is C12H20N2O3. The molecule has 0 saturated carbocycles. The standard InChI is InChI=1S/C12H20N2O3/c1-8-13-9-5-6-14(7-10(9)16-8)11(15)17-12(2,3)4/h9-10H,5-7H2,1-4H3. The minimum atomic E-state index is -0.448. The van der Waals surface area contributed by atoms with E-state index in [9.17, 15) is 4.79 Å². The number of piperidine rings is 1. The SMILES string of the molecule is CC1=NC2CCN(C(=O)OC(C)(C)C)CC2O1. The summed E-state index contributed by atoms with van der Waals surface area (Å²) < 4.78 is 10.9. The summed E-state index contributed by atoms with van der Waals surface area (Å²) >= 11 is 0. The van der Waals surface area contributed by atoms with Crippen LogP contribution in [-0.4, -0.2) is 47.7 Å². The van der Waals surface area contributed by atoms with Gasteiger partial charge in [0.05, 0.1) is 12.6 Å². The summed E-state index contributed by atoms with van der Waals surface area (Å²) in [5, 5.41) is 0. The maximum absolute atomic E-state index is 11.9. The lowest BCUT2D eigenvalue weighted by Gasteiger charge is -2.34. The average Bonchev–Trinajstić information content (AvgIpc) is 2.53. The quantitative estimate of drug-likeness (QED) is 0.649. The van der Waals surface area contributed by atoms with E-state index in [4.69, 9.17) is 9.47 Å². The summed E-state index contributed by atoms with van der Waals surface area (Å²) in [6, 6.07) is 0.216. The van der Waals surface area contributed by atoms with Crippen molar-refractivity contribution in [3.63, 3.8) is 0 Å². The summed E-state index contributed by atoms with van der Waals surface area (Å²) in [5.41, 5.74) is -0.448. The number of ether oxygens (including phenoxy) is 2. The molecule has 96 valence electrons. The lowest BCUT2D eigenvalue weighted by molar-refractivity contribution is 0.00673. The zero-order chi connectivity index (χ0) is 12.6. The van der Waals surface area contributed by atoms with Crippen molar-refractivity contribution in [1.82, 2.24) is 4.90 Å². The third kappa shape index (κ3) is 2.90. The van der Waals surface area contributed by atoms with Gasteiger partial charge in [0.1, 0.15) is 11.7 Å². The van der Waals surface area contributed by atoms with Crippen LogP contribution in [0.25, 0.3) is 0 Å². The monoisotopic (exact) mass is 240 g/mol. The molecule has 0 aromatic carbocycles. The molecule has 2 atom stereocenters. The van der Waals surface area contributed by atoms with Gasteiger partial charge in [-0.25, -0.2) is 9.79 Å². The van der Waals surface area contributed by atoms with Gasteiger partial charge in [-0.3, -0.25) is 0 Å². The highest BCUT2D eigenvalue weighted by atomic mass is 16.6. The van der Waals surface area contributed by atoms with E-state index in [1.807, 2.05) is 27.7 Å². The van der Waals surface area contributed by atoms with Crippen LogP contribution in [0, 0.1) is 0 Å². The Morgan fingerprint density at radius 2 is 2.24 bits per heavy atom. The molecule has 0 aromatic rings. The molecule has 0 N–H and O–H groups in total. The Morgan fingerprint density at radius 1 is 1.53 bits per heavy atom. The third-order valence-corrected chi connectivity index (χ3v) is 2.85. The molecule has 2 rings (SSSR count). The summed E-state index contributed by atoms with van der Waals surface area (Å²) in [5.74, 6) is 0.728. The van der Waals surface area contributed by atoms with E-state index >= 15 is 0 Å². The Labute approximate surface area is 102 Å². The molecule has 0 bridgehead atoms. The van der Waals surface area contributed by atoms with Crippen molar-refractivity contribution in [2.24, 2.45) is 4.99 Å². The van der Waals surface area contributed by atoms with Gasteiger partial charge in [-0.1, -0.05) is 0 Å². The second-order valence-electron chi connectivity index (χ2n) is 5.59. The number of aliphatic imine (C=N–C) groups is 1. The highest BCUT2D eigenvalue weighted by Crippen LogP contribution is 2.24. The van der Waals surface area contributed by atoms with Crippen molar-refractivity contribution in [2.45, 2.75) is 51.9 Å². The van der Waals surface area contributed by atoms with Crippen LogP contribution in [0.4, 0.5) is 4.79 Å². The van der Waals surface area contributed by atoms with Gasteiger partial charge in [-0.15, -0.1) is 0 Å². The Bertz CT molecular complexity index is 346. The Hall–Kier alpha value is -1.26. The van der Waals surface area contributed by atoms with Crippen molar-refractivity contribution < 1.29 is 14.3 Å². The molecule has 0 aliphatic carbocycles. The number of fused-ring (bicyclic) bond motifs is 1. The topological polar surface area (TPSA) is 51.1 Å². The van der Waals surface area contributed by atoms with Gasteiger partial charge in [0.25, 0.3) is 0 Å². The molecule has 2 aliphatic rings. The van der Waals surface area contributed by atoms with Crippen molar-refractivity contribution >= 4 is 12.0 Å². The number of carbonyl (C=O) groups excluding carboxylic acids is 1. The normalized spacial score (nSPS) is 28.2. The minimum Gasteiger partial charge on any atom is -0.474 e. The lowest BCUT2D eigenvalue weighted by Crippen LogP contribution is -2.49. The van der Waals surface area contributed by atoms with E-state index in [-0.39, 0.29) is 18.2 Å². The smallest absolute Gasteiger partial charge is 0.410 e. The molecule has 0 aromatic heterocycles. The van der Waals surface area contributed by atoms with Crippen molar-refractivity contribution in [3.8, 4) is 0 Å². The van der Waals surface area contributed by atoms with E-state index < -0.39 is 5.60 Å². The lowest BCUT2D eigenvalue weighted by atomic mass is 10.0. The van der Waals surface area contributed by atoms with E-state index in [0.717, 1.165) is 12.3 Å². The second-order valence-corrected chi connectivity index (χ2v) is 5.59. The molecule has 2 heterocycles. The maximum Gasteiger partial charge on any atom is 0.410 e. The van der Waals surface area contributed by atoms with Gasteiger partial charge < -0.3 is 14.4 Å². The fourth-order valence-corrected chi connectivity index (χ4v) is 2.14. The Balaban J connectivity index is 1.91. The molecule has 2 unspecified atom stereocenters. The van der Waals surface area contributed by atoms with Crippen LogP contribution >= 0.6 is 0 Å². The zero-order valence-electron chi connectivity index (χ0n) is 10.9. The number of carbonyl (C=O) groups is 1. The Morgan fingerprint density at radius 3 is 2.88 bits per heavy atom. The zero-order valence-corrected chi connectivity index (χ0v) is 10.9. The van der Waals surface area contributed by atoms with Crippen LogP contribution in [0.3, 0.4) is 0 Å². The molecule has 5 heteroatoms. The number of amides is 1. The van der Waals surface area contributed by atoms with Crippen LogP contribution in [-0.2, 0) is 9.47 Å². The molecule has 5 nitrogen and oxygen atoms in total. The van der Waals surface area contributed by atoms with Crippen molar-refractivity contribution in [2.75, 3.05) is 13.1 Å². The fraction of sp³-hybridized carbons (Fsp3) is 0.833. The Kier molecular flexibility index (Phi) is 3.02. The molecule has 0 spiro atoms. The first-order valence-corrected chi connectivity index (χ1v) is 6.04. The van der Waals surface area contributed by atoms with E-state index in [1.54, 1.807) is 4.90 Å². The number of nitrogens with zero attached hydrogens (tertiary/aromatic N) is 2. The highest BCUT2D eigenvalue weighted by molar-refractivity contribution is 5.75. The summed E-state index contributed by atoms with van der Waals surface area (Å²) in [4.78, 5) is 18.0. The third-order valence-electron chi connectivity index (χ3n) is 2.85. The van der Waals surface area contributed by atoms with Gasteiger partial charge >= 0.3 is 6.09 Å². The number of hydrogen-bond acceptors (Lipinski definition) is 4. The van der Waals surface area contributed by atoms with Crippen LogP contribution in [0.2, 0.25) is 0 Å². The number of rotatable bonds is 0. The van der Waals surface area contributed by atoms with Gasteiger partial charge in [0, 0.05) is 13.5 Å². The minimum absolute atomic E-state index is 0.0104. The van der Waals surface area contributed by atoms with Gasteiger partial charge in [-0.05, 0) is 27.2 Å². The maximum atomic E-state index is 11.9. The summed E-state index contributed by atoms with van der Waals surface area (Å²) in [6.07, 6.45) is 0.599. The summed E-state index contributed by atoms with van der Waals surface area (Å²) in [6.45, 7) is 8.73. The van der Waals surface area contributed by atoms with E-state index in [2.05, 4.69) is 4.99 Å². The molecule has 17 heavy (non-hydrogen) atoms. The van der Waals surface area contributed by atoms with Gasteiger partial charge in [0.2, 0.25) is 0 Å². The molecule has 1 saturated heterocycles. The van der Waals surface area contributed by atoms with Gasteiger partial charge in [-0.2, -0.15) is 0 Å². The molecule has 2 aliphatic heterocycles. The van der Waals surface area contributed by atoms with Crippen molar-refractivity contribution in [1.29, 1.82) is 0 Å². The van der Waals surface area contributed by atoms with Crippen molar-refractivity contribution in [3.05, 3.63) is 0 Å². The van der Waals surface area contributed by atoms with E-state index in [1.165, 1.54) is 0 Å². The first-order chi connectivity index (χ1) is 7.85. The predicted molar refractivity (Wildman–Crippen MR) is 64.2 cm³/mol. The van der Waals surface area contributed by atoms with Crippen LogP contribution in [0.5, 0.6) is 0 Å². The fourth-order valence-electron chi connectivity index (χ4n) is 2.14. The molecule has 1 fully saturated rings. The van der Waals surface area contributed by atoms with Crippen LogP contribution in [0.1, 0.15) is 34.1 Å². The number of likely N-dealkylation sites (tertiary alicyclic amines) is 1. The van der Waals surface area contributed by atoms with Gasteiger partial charge in [0.15, 0.2) is 5.90 Å². The first kappa shape index (κ1) is 12.2.